The Morgan fingerprint density at radius 2 is 1.74 bits per heavy atom. The molecule has 8 rings (SSSR count). The molecule has 182 valence electrons. The van der Waals surface area contributed by atoms with Crippen LogP contribution in [0.2, 0.25) is 0 Å². The van der Waals surface area contributed by atoms with Crippen LogP contribution in [0.1, 0.15) is 16.8 Å². The maximum Gasteiger partial charge on any atom is 0.254 e. The second kappa shape index (κ2) is 10.4. The van der Waals surface area contributed by atoms with Crippen molar-refractivity contribution in [3.63, 3.8) is 0 Å². The molecule has 0 atom stereocenters. The average molecular weight is 473 g/mol. The van der Waals surface area contributed by atoms with Crippen molar-refractivity contribution in [1.82, 2.24) is 29.7 Å². The first-order valence-electron chi connectivity index (χ1n) is 12.1. The zero-order chi connectivity index (χ0) is 24.2. The smallest absolute Gasteiger partial charge is 0.254 e. The first-order valence-corrected chi connectivity index (χ1v) is 12.1. The summed E-state index contributed by atoms with van der Waals surface area (Å²) in [5.74, 6) is 1.49. The number of carbonyl (C=O) groups excluding carboxylic acids is 1. The molecule has 3 aromatic rings. The van der Waals surface area contributed by atoms with Gasteiger partial charge in [-0.2, -0.15) is 0 Å². The average Bonchev–Trinajstić information content (AvgIpc) is 2.88. The Bertz CT molecular complexity index is 1160. The van der Waals surface area contributed by atoms with E-state index < -0.39 is 0 Å². The van der Waals surface area contributed by atoms with Gasteiger partial charge in [-0.3, -0.25) is 14.6 Å². The molecule has 2 aromatic heterocycles. The van der Waals surface area contributed by atoms with Crippen LogP contribution in [0.3, 0.4) is 0 Å². The van der Waals surface area contributed by atoms with E-state index in [-0.39, 0.29) is 5.91 Å². The molecular weight excluding hydrogens is 440 g/mol. The molecule has 1 saturated heterocycles. The third-order valence-corrected chi connectivity index (χ3v) is 6.59. The van der Waals surface area contributed by atoms with E-state index in [0.717, 1.165) is 75.1 Å². The third kappa shape index (κ3) is 5.58. The quantitative estimate of drug-likeness (QED) is 0.535. The van der Waals surface area contributed by atoms with E-state index in [9.17, 15) is 4.79 Å². The fourth-order valence-electron chi connectivity index (χ4n) is 4.58. The topological polar surface area (TPSA) is 80.7 Å². The summed E-state index contributed by atoms with van der Waals surface area (Å²) in [5.41, 5.74) is 3.17. The lowest BCUT2D eigenvalue weighted by molar-refractivity contribution is 0.0548. The minimum Gasteiger partial charge on any atom is -0.360 e. The van der Waals surface area contributed by atoms with Crippen LogP contribution >= 0.6 is 0 Å². The molecule has 0 unspecified atom stereocenters. The van der Waals surface area contributed by atoms with E-state index in [4.69, 9.17) is 0 Å². The second-order valence-corrected chi connectivity index (χ2v) is 9.28. The Kier molecular flexibility index (Phi) is 6.87. The first-order chi connectivity index (χ1) is 17.0. The summed E-state index contributed by atoms with van der Waals surface area (Å²) >= 11 is 0. The van der Waals surface area contributed by atoms with Crippen molar-refractivity contribution in [2.24, 2.45) is 0 Å². The molecule has 35 heavy (non-hydrogen) atoms. The Hall–Kier alpha value is -3.56. The van der Waals surface area contributed by atoms with Crippen LogP contribution in [0.5, 0.6) is 0 Å². The van der Waals surface area contributed by atoms with Gasteiger partial charge in [-0.1, -0.05) is 6.07 Å². The van der Waals surface area contributed by atoms with Crippen LogP contribution < -0.4 is 10.2 Å². The predicted octanol–water partition coefficient (Wildman–Crippen LogP) is 2.77. The van der Waals surface area contributed by atoms with Crippen molar-refractivity contribution >= 4 is 23.4 Å². The van der Waals surface area contributed by atoms with Gasteiger partial charge in [-0.05, 0) is 49.9 Å². The number of hydrogen-bond donors (Lipinski definition) is 1. The molecule has 0 radical (unpaired) electrons. The van der Waals surface area contributed by atoms with Crippen LogP contribution in [-0.4, -0.2) is 95.6 Å². The highest BCUT2D eigenvalue weighted by Gasteiger charge is 2.23. The highest BCUT2D eigenvalue weighted by Crippen LogP contribution is 2.22. The molecule has 1 aromatic carbocycles. The number of amides is 1. The van der Waals surface area contributed by atoms with E-state index in [0.29, 0.717) is 11.5 Å². The van der Waals surface area contributed by atoms with Crippen LogP contribution in [0.15, 0.2) is 54.9 Å². The number of nitrogens with one attached hydrogen (secondary N) is 1. The molecule has 0 saturated carbocycles. The van der Waals surface area contributed by atoms with Gasteiger partial charge in [-0.15, -0.1) is 0 Å². The Labute approximate surface area is 206 Å². The Morgan fingerprint density at radius 3 is 2.54 bits per heavy atom. The molecular formula is C26H32N8O. The van der Waals surface area contributed by atoms with Gasteiger partial charge in [0.2, 0.25) is 5.95 Å². The fraction of sp³-hybridized carbons (Fsp3) is 0.385. The van der Waals surface area contributed by atoms with Crippen molar-refractivity contribution < 1.29 is 4.79 Å². The number of anilines is 3. The molecule has 1 N–H and O–H groups in total. The van der Waals surface area contributed by atoms with E-state index >= 15 is 0 Å². The van der Waals surface area contributed by atoms with Crippen molar-refractivity contribution in [3.8, 4) is 11.3 Å². The zero-order valence-electron chi connectivity index (χ0n) is 20.4. The van der Waals surface area contributed by atoms with Gasteiger partial charge in [0, 0.05) is 75.5 Å². The van der Waals surface area contributed by atoms with E-state index in [1.54, 1.807) is 6.20 Å². The molecule has 5 aliphatic rings. The highest BCUT2D eigenvalue weighted by molar-refractivity contribution is 5.95. The van der Waals surface area contributed by atoms with Crippen LogP contribution in [0.4, 0.5) is 17.5 Å². The van der Waals surface area contributed by atoms with Crippen molar-refractivity contribution in [1.29, 1.82) is 0 Å². The summed E-state index contributed by atoms with van der Waals surface area (Å²) in [5, 5.41) is 3.25. The normalized spacial score (nSPS) is 18.2. The molecule has 0 spiro atoms. The van der Waals surface area contributed by atoms with E-state index in [1.807, 2.05) is 53.6 Å². The molecule has 0 aliphatic carbocycles. The molecule has 5 aliphatic heterocycles. The SMILES string of the molecule is CN1CCCN(C)c2ccc(cn2)-c2ccnc(n2)Nc2cccc(c2)C(=O)N2CCN(CC2)C1. The highest BCUT2D eigenvalue weighted by atomic mass is 16.2. The van der Waals surface area contributed by atoms with Crippen molar-refractivity contribution in [2.45, 2.75) is 6.42 Å². The minimum absolute atomic E-state index is 0.0627. The van der Waals surface area contributed by atoms with Crippen LogP contribution in [0.25, 0.3) is 11.3 Å². The second-order valence-electron chi connectivity index (χ2n) is 9.28. The summed E-state index contributed by atoms with van der Waals surface area (Å²) in [4.78, 5) is 35.8. The summed E-state index contributed by atoms with van der Waals surface area (Å²) < 4.78 is 0. The van der Waals surface area contributed by atoms with E-state index in [2.05, 4.69) is 49.1 Å². The van der Waals surface area contributed by atoms with Crippen molar-refractivity contribution in [3.05, 3.63) is 60.4 Å². The van der Waals surface area contributed by atoms with Gasteiger partial charge < -0.3 is 15.1 Å². The number of hydrogen-bond acceptors (Lipinski definition) is 8. The zero-order valence-corrected chi connectivity index (χ0v) is 20.4. The predicted molar refractivity (Wildman–Crippen MR) is 138 cm³/mol. The first kappa shape index (κ1) is 23.2. The lowest BCUT2D eigenvalue weighted by Crippen LogP contribution is -2.51. The summed E-state index contributed by atoms with van der Waals surface area (Å²) in [6.45, 7) is 6.08. The molecule has 1 amide bonds. The van der Waals surface area contributed by atoms with Gasteiger partial charge in [0.05, 0.1) is 12.4 Å². The number of piperazine rings is 1. The minimum atomic E-state index is 0.0627. The standard InChI is InChI=1S/C26H32N8O/c1-31-11-4-12-32(2)24-8-7-21(18-28-24)23-9-10-27-26(30-23)29-22-6-3-5-20(17-22)25(35)34-15-13-33(19-31)14-16-34/h3,5-10,17-18H,4,11-16,19H2,1-2H3,(H,27,29,30). The van der Waals surface area contributed by atoms with Gasteiger partial charge in [-0.25, -0.2) is 15.0 Å². The number of pyridine rings is 1. The Balaban J connectivity index is 1.42. The Morgan fingerprint density at radius 1 is 0.886 bits per heavy atom. The summed E-state index contributed by atoms with van der Waals surface area (Å²) in [7, 11) is 4.25. The van der Waals surface area contributed by atoms with Crippen LogP contribution in [-0.2, 0) is 0 Å². The van der Waals surface area contributed by atoms with Gasteiger partial charge >= 0.3 is 0 Å². The van der Waals surface area contributed by atoms with Crippen LogP contribution in [0, 0.1) is 0 Å². The van der Waals surface area contributed by atoms with Gasteiger partial charge in [0.15, 0.2) is 0 Å². The molecule has 1 fully saturated rings. The lowest BCUT2D eigenvalue weighted by Gasteiger charge is -2.36. The number of nitrogens with zero attached hydrogens (tertiary/aromatic N) is 7. The monoisotopic (exact) mass is 472 g/mol. The van der Waals surface area contributed by atoms with Gasteiger partial charge in [0.1, 0.15) is 5.82 Å². The molecule has 9 heteroatoms. The number of rotatable bonds is 0. The maximum atomic E-state index is 13.2. The largest absolute Gasteiger partial charge is 0.360 e. The van der Waals surface area contributed by atoms with Crippen molar-refractivity contribution in [2.75, 3.05) is 70.2 Å². The molecule has 7 heterocycles. The summed E-state index contributed by atoms with van der Waals surface area (Å²) in [6, 6.07) is 13.5. The third-order valence-electron chi connectivity index (χ3n) is 6.59. The number of aromatic nitrogens is 3. The summed E-state index contributed by atoms with van der Waals surface area (Å²) in [6.07, 6.45) is 4.63. The molecule has 8 bridgehead atoms. The number of benzene rings is 1. The lowest BCUT2D eigenvalue weighted by atomic mass is 10.1. The molecule has 9 nitrogen and oxygen atoms in total. The van der Waals surface area contributed by atoms with Gasteiger partial charge in [0.25, 0.3) is 5.91 Å². The maximum absolute atomic E-state index is 13.2. The fourth-order valence-corrected chi connectivity index (χ4v) is 4.58. The van der Waals surface area contributed by atoms with E-state index in [1.165, 1.54) is 0 Å². The number of carbonyl (C=O) groups is 1.